The minimum absolute atomic E-state index is 0.0969. The van der Waals surface area contributed by atoms with E-state index in [0.717, 1.165) is 29.7 Å². The van der Waals surface area contributed by atoms with E-state index >= 15 is 0 Å². The van der Waals surface area contributed by atoms with Gasteiger partial charge < -0.3 is 4.57 Å². The van der Waals surface area contributed by atoms with Crippen LogP contribution in [-0.2, 0) is 13.0 Å². The predicted molar refractivity (Wildman–Crippen MR) is 73.9 cm³/mol. The van der Waals surface area contributed by atoms with E-state index in [4.69, 9.17) is 0 Å². The van der Waals surface area contributed by atoms with Crippen molar-refractivity contribution >= 4 is 11.5 Å². The molecule has 1 aromatic carbocycles. The number of hydrogen-bond donors (Lipinski definition) is 0. The van der Waals surface area contributed by atoms with Crippen LogP contribution >= 0.6 is 0 Å². The van der Waals surface area contributed by atoms with Crippen LogP contribution in [0.4, 0.5) is 5.69 Å². The lowest BCUT2D eigenvalue weighted by Gasteiger charge is -2.15. The van der Waals surface area contributed by atoms with Gasteiger partial charge in [0.2, 0.25) is 0 Å². The lowest BCUT2D eigenvalue weighted by molar-refractivity contribution is -0.384. The minimum Gasteiger partial charge on any atom is -0.346 e. The third kappa shape index (κ3) is 2.22. The summed E-state index contributed by atoms with van der Waals surface area (Å²) in [6, 6.07) is 8.47. The van der Waals surface area contributed by atoms with Crippen molar-refractivity contribution in [3.63, 3.8) is 0 Å². The highest BCUT2D eigenvalue weighted by Gasteiger charge is 2.20. The summed E-state index contributed by atoms with van der Waals surface area (Å²) in [5.74, 6) is 0.198. The van der Waals surface area contributed by atoms with Crippen LogP contribution in [0.25, 0.3) is 0 Å². The van der Waals surface area contributed by atoms with Crippen LogP contribution in [0.3, 0.4) is 0 Å². The van der Waals surface area contributed by atoms with Gasteiger partial charge in [0.25, 0.3) is 5.69 Å². The lowest BCUT2D eigenvalue weighted by Crippen LogP contribution is -2.13. The molecule has 0 atom stereocenters. The van der Waals surface area contributed by atoms with Crippen LogP contribution in [0.15, 0.2) is 36.5 Å². The average Bonchev–Trinajstić information content (AvgIpc) is 2.84. The van der Waals surface area contributed by atoms with Gasteiger partial charge in [0.05, 0.1) is 4.92 Å². The Morgan fingerprint density at radius 3 is 2.90 bits per heavy atom. The molecule has 0 aliphatic heterocycles. The molecule has 1 aromatic heterocycles. The van der Waals surface area contributed by atoms with E-state index in [9.17, 15) is 14.9 Å². The second-order valence-electron chi connectivity index (χ2n) is 5.01. The molecule has 0 bridgehead atoms. The number of non-ortho nitro benzene ring substituents is 1. The number of nitro groups is 1. The minimum atomic E-state index is -0.391. The number of rotatable bonds is 3. The van der Waals surface area contributed by atoms with Crippen LogP contribution in [-0.4, -0.2) is 15.3 Å². The summed E-state index contributed by atoms with van der Waals surface area (Å²) in [4.78, 5) is 22.2. The molecule has 0 radical (unpaired) electrons. The zero-order valence-corrected chi connectivity index (χ0v) is 10.9. The monoisotopic (exact) mass is 270 g/mol. The summed E-state index contributed by atoms with van der Waals surface area (Å²) in [6.45, 7) is 0.560. The number of nitro benzene ring substituents is 1. The fourth-order valence-corrected chi connectivity index (χ4v) is 2.70. The van der Waals surface area contributed by atoms with Gasteiger partial charge in [0, 0.05) is 42.6 Å². The Morgan fingerprint density at radius 1 is 1.25 bits per heavy atom. The summed E-state index contributed by atoms with van der Waals surface area (Å²) >= 11 is 0. The van der Waals surface area contributed by atoms with Gasteiger partial charge in [-0.1, -0.05) is 12.1 Å². The molecule has 0 N–H and O–H groups in total. The Hall–Kier alpha value is -2.43. The number of ketones is 1. The quantitative estimate of drug-likeness (QED) is 0.636. The highest BCUT2D eigenvalue weighted by molar-refractivity contribution is 5.98. The van der Waals surface area contributed by atoms with Crippen LogP contribution in [0.5, 0.6) is 0 Å². The maximum absolute atomic E-state index is 11.8. The fourth-order valence-electron chi connectivity index (χ4n) is 2.70. The molecule has 1 aliphatic rings. The third-order valence-electron chi connectivity index (χ3n) is 3.67. The first-order chi connectivity index (χ1) is 9.65. The predicted octanol–water partition coefficient (Wildman–Crippen LogP) is 2.96. The van der Waals surface area contributed by atoms with Crippen LogP contribution in [0.1, 0.15) is 34.5 Å². The van der Waals surface area contributed by atoms with Crippen molar-refractivity contribution in [1.29, 1.82) is 0 Å². The normalized spacial score (nSPS) is 14.1. The van der Waals surface area contributed by atoms with E-state index in [1.165, 1.54) is 6.07 Å². The number of aromatic nitrogens is 1. The maximum Gasteiger partial charge on any atom is 0.269 e. The summed E-state index contributed by atoms with van der Waals surface area (Å²) in [6.07, 6.45) is 4.29. The molecule has 5 nitrogen and oxygen atoms in total. The van der Waals surface area contributed by atoms with Crippen molar-refractivity contribution < 1.29 is 9.72 Å². The second kappa shape index (κ2) is 4.92. The van der Waals surface area contributed by atoms with E-state index in [0.29, 0.717) is 13.0 Å². The van der Waals surface area contributed by atoms with Crippen molar-refractivity contribution in [2.75, 3.05) is 0 Å². The van der Waals surface area contributed by atoms with Gasteiger partial charge >= 0.3 is 0 Å². The van der Waals surface area contributed by atoms with Gasteiger partial charge in [-0.15, -0.1) is 0 Å². The summed E-state index contributed by atoms with van der Waals surface area (Å²) in [5, 5.41) is 10.8. The Kier molecular flexibility index (Phi) is 3.10. The van der Waals surface area contributed by atoms with Crippen LogP contribution < -0.4 is 0 Å². The van der Waals surface area contributed by atoms with Gasteiger partial charge in [-0.2, -0.15) is 0 Å². The topological polar surface area (TPSA) is 65.1 Å². The molecule has 1 heterocycles. The lowest BCUT2D eigenvalue weighted by atomic mass is 9.97. The number of carbonyl (C=O) groups is 1. The van der Waals surface area contributed by atoms with E-state index in [1.807, 2.05) is 22.9 Å². The molecule has 0 saturated heterocycles. The molecule has 102 valence electrons. The fraction of sp³-hybridized carbons (Fsp3) is 0.267. The van der Waals surface area contributed by atoms with Crippen molar-refractivity contribution in [2.45, 2.75) is 25.8 Å². The number of benzene rings is 1. The second-order valence-corrected chi connectivity index (χ2v) is 5.01. The van der Waals surface area contributed by atoms with Crippen molar-refractivity contribution in [3.05, 3.63) is 63.5 Å². The molecule has 0 saturated carbocycles. The van der Waals surface area contributed by atoms with E-state index in [-0.39, 0.29) is 11.5 Å². The standard InChI is InChI=1S/C15H14N2O3/c18-15-6-2-5-14-13(15)7-8-16(14)10-11-3-1-4-12(9-11)17(19)20/h1,3-4,7-9H,2,5-6,10H2. The number of nitrogens with zero attached hydrogens (tertiary/aromatic N) is 2. The molecule has 0 fully saturated rings. The maximum atomic E-state index is 11.8. The highest BCUT2D eigenvalue weighted by atomic mass is 16.6. The Labute approximate surface area is 116 Å². The van der Waals surface area contributed by atoms with Gasteiger partial charge in [0.15, 0.2) is 5.78 Å². The van der Waals surface area contributed by atoms with Crippen LogP contribution in [0.2, 0.25) is 0 Å². The summed E-state index contributed by atoms with van der Waals surface area (Å²) in [7, 11) is 0. The van der Waals surface area contributed by atoms with E-state index in [2.05, 4.69) is 0 Å². The number of fused-ring (bicyclic) bond motifs is 1. The molecule has 0 unspecified atom stereocenters. The first-order valence-electron chi connectivity index (χ1n) is 6.59. The summed E-state index contributed by atoms with van der Waals surface area (Å²) in [5.41, 5.74) is 2.82. The summed E-state index contributed by atoms with van der Waals surface area (Å²) < 4.78 is 2.02. The zero-order chi connectivity index (χ0) is 14.1. The molecule has 2 aromatic rings. The SMILES string of the molecule is O=C1CCCc2c1ccn2Cc1cccc([N+](=O)[O-])c1. The number of Topliss-reactive ketones (excluding diaryl/α,β-unsaturated/α-hetero) is 1. The van der Waals surface area contributed by atoms with Gasteiger partial charge in [0.1, 0.15) is 0 Å². The Balaban J connectivity index is 1.90. The van der Waals surface area contributed by atoms with Gasteiger partial charge in [-0.05, 0) is 24.5 Å². The van der Waals surface area contributed by atoms with Crippen molar-refractivity contribution in [2.24, 2.45) is 0 Å². The van der Waals surface area contributed by atoms with Gasteiger partial charge in [-0.25, -0.2) is 0 Å². The van der Waals surface area contributed by atoms with Crippen molar-refractivity contribution in [1.82, 2.24) is 4.57 Å². The van der Waals surface area contributed by atoms with Crippen LogP contribution in [0, 0.1) is 10.1 Å². The molecular weight excluding hydrogens is 256 g/mol. The molecule has 20 heavy (non-hydrogen) atoms. The highest BCUT2D eigenvalue weighted by Crippen LogP contribution is 2.23. The smallest absolute Gasteiger partial charge is 0.269 e. The molecular formula is C15H14N2O3. The first-order valence-corrected chi connectivity index (χ1v) is 6.59. The molecule has 1 aliphatic carbocycles. The molecule has 0 amide bonds. The van der Waals surface area contributed by atoms with Crippen molar-refractivity contribution in [3.8, 4) is 0 Å². The number of hydrogen-bond acceptors (Lipinski definition) is 3. The molecule has 0 spiro atoms. The largest absolute Gasteiger partial charge is 0.346 e. The third-order valence-corrected chi connectivity index (χ3v) is 3.67. The first kappa shape index (κ1) is 12.6. The Bertz CT molecular complexity index is 688. The zero-order valence-electron chi connectivity index (χ0n) is 10.9. The van der Waals surface area contributed by atoms with E-state index in [1.54, 1.807) is 12.1 Å². The van der Waals surface area contributed by atoms with Gasteiger partial charge in [-0.3, -0.25) is 14.9 Å². The molecule has 5 heteroatoms. The number of carbonyl (C=O) groups excluding carboxylic acids is 1. The van der Waals surface area contributed by atoms with E-state index < -0.39 is 4.92 Å². The molecule has 3 rings (SSSR count). The Morgan fingerprint density at radius 2 is 2.10 bits per heavy atom. The average molecular weight is 270 g/mol.